The highest BCUT2D eigenvalue weighted by Crippen LogP contribution is 2.20. The Balaban J connectivity index is 0.000000423. The summed E-state index contributed by atoms with van der Waals surface area (Å²) in [6.45, 7) is 1.19. The average molecular weight is 234 g/mol. The Morgan fingerprint density at radius 3 is 1.87 bits per heavy atom. The quantitative estimate of drug-likeness (QED) is 0.513. The second kappa shape index (κ2) is 6.36. The molecule has 0 saturated heterocycles. The SMILES string of the molecule is NCCN.O=S(=O)(O)c1ccccc1O. The Labute approximate surface area is 88.3 Å². The van der Waals surface area contributed by atoms with E-state index in [-0.39, 0.29) is 0 Å². The van der Waals surface area contributed by atoms with Crippen molar-refractivity contribution < 1.29 is 18.1 Å². The first-order chi connectivity index (χ1) is 6.93. The van der Waals surface area contributed by atoms with Crippen LogP contribution in [0.3, 0.4) is 0 Å². The number of para-hydroxylation sites is 1. The lowest BCUT2D eigenvalue weighted by atomic mass is 10.3. The molecular weight excluding hydrogens is 220 g/mol. The van der Waals surface area contributed by atoms with Crippen LogP contribution in [-0.4, -0.2) is 31.2 Å². The van der Waals surface area contributed by atoms with E-state index in [9.17, 15) is 8.42 Å². The van der Waals surface area contributed by atoms with E-state index in [0.717, 1.165) is 6.07 Å². The number of benzene rings is 1. The van der Waals surface area contributed by atoms with Crippen molar-refractivity contribution in [1.82, 2.24) is 0 Å². The van der Waals surface area contributed by atoms with Gasteiger partial charge in [-0.2, -0.15) is 8.42 Å². The standard InChI is InChI=1S/C6H6O4S.C2H8N2/c7-5-3-1-2-4-6(5)11(8,9)10;3-1-2-4/h1-4,7H,(H,8,9,10);1-4H2. The monoisotopic (exact) mass is 234 g/mol. The van der Waals surface area contributed by atoms with E-state index in [4.69, 9.17) is 21.1 Å². The lowest BCUT2D eigenvalue weighted by molar-refractivity contribution is 0.443. The summed E-state index contributed by atoms with van der Waals surface area (Å²) in [6.07, 6.45) is 0. The van der Waals surface area contributed by atoms with Gasteiger partial charge in [-0.25, -0.2) is 0 Å². The van der Waals surface area contributed by atoms with Gasteiger partial charge in [0, 0.05) is 13.1 Å². The van der Waals surface area contributed by atoms with Crippen LogP contribution in [0.1, 0.15) is 0 Å². The molecule has 0 bridgehead atoms. The Hall–Kier alpha value is -1.15. The summed E-state index contributed by atoms with van der Waals surface area (Å²) in [5.74, 6) is -0.449. The molecule has 0 heterocycles. The Bertz CT molecular complexity index is 389. The second-order valence-corrected chi connectivity index (χ2v) is 3.91. The average Bonchev–Trinajstić information content (AvgIpc) is 2.17. The third-order valence-electron chi connectivity index (χ3n) is 1.31. The maximum atomic E-state index is 10.4. The lowest BCUT2D eigenvalue weighted by Gasteiger charge is -1.97. The molecular formula is C8H14N2O4S. The van der Waals surface area contributed by atoms with E-state index >= 15 is 0 Å². The molecule has 0 aromatic heterocycles. The van der Waals surface area contributed by atoms with Crippen molar-refractivity contribution in [3.05, 3.63) is 24.3 Å². The van der Waals surface area contributed by atoms with Gasteiger partial charge < -0.3 is 16.6 Å². The zero-order valence-corrected chi connectivity index (χ0v) is 8.81. The molecule has 15 heavy (non-hydrogen) atoms. The minimum atomic E-state index is -4.28. The van der Waals surface area contributed by atoms with Crippen LogP contribution in [0, 0.1) is 0 Å². The van der Waals surface area contributed by atoms with Crippen LogP contribution in [0.2, 0.25) is 0 Å². The van der Waals surface area contributed by atoms with Crippen molar-refractivity contribution in [2.45, 2.75) is 4.90 Å². The summed E-state index contributed by atoms with van der Waals surface area (Å²) in [5.41, 5.74) is 9.81. The molecule has 1 aromatic carbocycles. The number of phenols is 1. The molecule has 0 aliphatic rings. The molecule has 0 spiro atoms. The highest BCUT2D eigenvalue weighted by molar-refractivity contribution is 7.86. The summed E-state index contributed by atoms with van der Waals surface area (Å²) in [4.78, 5) is -0.472. The highest BCUT2D eigenvalue weighted by atomic mass is 32.2. The van der Waals surface area contributed by atoms with E-state index < -0.39 is 20.8 Å². The Morgan fingerprint density at radius 2 is 1.60 bits per heavy atom. The fourth-order valence-electron chi connectivity index (χ4n) is 0.675. The summed E-state index contributed by atoms with van der Waals surface area (Å²) in [6, 6.07) is 5.17. The molecule has 0 saturated carbocycles. The van der Waals surface area contributed by atoms with Gasteiger partial charge in [-0.15, -0.1) is 0 Å². The molecule has 0 fully saturated rings. The first-order valence-corrected chi connectivity index (χ1v) is 5.53. The predicted molar refractivity (Wildman–Crippen MR) is 56.0 cm³/mol. The minimum Gasteiger partial charge on any atom is -0.506 e. The summed E-state index contributed by atoms with van der Waals surface area (Å²) in [7, 11) is -4.28. The van der Waals surface area contributed by atoms with Crippen LogP contribution < -0.4 is 11.5 Å². The van der Waals surface area contributed by atoms with Crippen molar-refractivity contribution in [2.75, 3.05) is 13.1 Å². The fraction of sp³-hybridized carbons (Fsp3) is 0.250. The molecule has 6 N–H and O–H groups in total. The highest BCUT2D eigenvalue weighted by Gasteiger charge is 2.12. The first-order valence-electron chi connectivity index (χ1n) is 4.09. The minimum absolute atomic E-state index is 0.449. The largest absolute Gasteiger partial charge is 0.506 e. The topological polar surface area (TPSA) is 127 Å². The fourth-order valence-corrected chi connectivity index (χ4v) is 1.26. The Morgan fingerprint density at radius 1 is 1.13 bits per heavy atom. The van der Waals surface area contributed by atoms with Gasteiger partial charge in [-0.05, 0) is 12.1 Å². The van der Waals surface area contributed by atoms with Crippen LogP contribution in [0.4, 0.5) is 0 Å². The molecule has 86 valence electrons. The van der Waals surface area contributed by atoms with Gasteiger partial charge in [0.05, 0.1) is 0 Å². The van der Waals surface area contributed by atoms with E-state index in [1.165, 1.54) is 18.2 Å². The normalized spacial score (nSPS) is 10.3. The third-order valence-corrected chi connectivity index (χ3v) is 2.21. The molecule has 0 radical (unpaired) electrons. The van der Waals surface area contributed by atoms with E-state index in [1.807, 2.05) is 0 Å². The van der Waals surface area contributed by atoms with Crippen molar-refractivity contribution in [3.8, 4) is 5.75 Å². The van der Waals surface area contributed by atoms with Crippen molar-refractivity contribution in [1.29, 1.82) is 0 Å². The maximum absolute atomic E-state index is 10.4. The second-order valence-electron chi connectivity index (χ2n) is 2.52. The Kier molecular flexibility index (Phi) is 5.87. The molecule has 0 unspecified atom stereocenters. The molecule has 1 aromatic rings. The number of rotatable bonds is 2. The number of hydrogen-bond donors (Lipinski definition) is 4. The summed E-state index contributed by atoms with van der Waals surface area (Å²) >= 11 is 0. The summed E-state index contributed by atoms with van der Waals surface area (Å²) < 4.78 is 29.4. The molecule has 0 amide bonds. The zero-order chi connectivity index (χ0) is 11.9. The van der Waals surface area contributed by atoms with Crippen molar-refractivity contribution >= 4 is 10.1 Å². The van der Waals surface area contributed by atoms with Gasteiger partial charge in [-0.1, -0.05) is 12.1 Å². The van der Waals surface area contributed by atoms with Gasteiger partial charge >= 0.3 is 0 Å². The third kappa shape index (κ3) is 5.33. The van der Waals surface area contributed by atoms with Crippen LogP contribution in [-0.2, 0) is 10.1 Å². The maximum Gasteiger partial charge on any atom is 0.298 e. The number of nitrogens with two attached hydrogens (primary N) is 2. The molecule has 7 heteroatoms. The summed E-state index contributed by atoms with van der Waals surface area (Å²) in [5, 5.41) is 8.91. The number of aromatic hydroxyl groups is 1. The van der Waals surface area contributed by atoms with E-state index in [1.54, 1.807) is 0 Å². The van der Waals surface area contributed by atoms with Crippen LogP contribution in [0.15, 0.2) is 29.2 Å². The van der Waals surface area contributed by atoms with Gasteiger partial charge in [0.1, 0.15) is 10.6 Å². The van der Waals surface area contributed by atoms with Gasteiger partial charge in [0.15, 0.2) is 0 Å². The lowest BCUT2D eigenvalue weighted by Crippen LogP contribution is -2.11. The molecule has 1 rings (SSSR count). The van der Waals surface area contributed by atoms with E-state index in [2.05, 4.69) is 0 Å². The van der Waals surface area contributed by atoms with Crippen molar-refractivity contribution in [3.63, 3.8) is 0 Å². The van der Waals surface area contributed by atoms with Gasteiger partial charge in [-0.3, -0.25) is 4.55 Å². The van der Waals surface area contributed by atoms with Crippen LogP contribution in [0.5, 0.6) is 5.75 Å². The smallest absolute Gasteiger partial charge is 0.298 e. The molecule has 0 atom stereocenters. The number of hydrogen-bond acceptors (Lipinski definition) is 5. The van der Waals surface area contributed by atoms with Gasteiger partial charge in [0.25, 0.3) is 10.1 Å². The van der Waals surface area contributed by atoms with Crippen LogP contribution >= 0.6 is 0 Å². The zero-order valence-electron chi connectivity index (χ0n) is 8.00. The van der Waals surface area contributed by atoms with Crippen molar-refractivity contribution in [2.24, 2.45) is 11.5 Å². The molecule has 0 aliphatic heterocycles. The predicted octanol–water partition coefficient (Wildman–Crippen LogP) is -0.457. The van der Waals surface area contributed by atoms with Crippen LogP contribution in [0.25, 0.3) is 0 Å². The molecule has 6 nitrogen and oxygen atoms in total. The first kappa shape index (κ1) is 13.8. The number of phenolic OH excluding ortho intramolecular Hbond substituents is 1. The van der Waals surface area contributed by atoms with Gasteiger partial charge in [0.2, 0.25) is 0 Å². The van der Waals surface area contributed by atoms with E-state index in [0.29, 0.717) is 13.1 Å². The molecule has 0 aliphatic carbocycles.